The van der Waals surface area contributed by atoms with Crippen LogP contribution in [-0.2, 0) is 9.59 Å². The number of benzene rings is 4. The van der Waals surface area contributed by atoms with E-state index in [1.807, 2.05) is 51.1 Å². The molecule has 0 spiro atoms. The molecule has 1 atom stereocenters. The second-order valence-corrected chi connectivity index (χ2v) is 11.4. The lowest BCUT2D eigenvalue weighted by Gasteiger charge is -2.15. The zero-order chi connectivity index (χ0) is 31.6. The van der Waals surface area contributed by atoms with Gasteiger partial charge in [-0.2, -0.15) is 0 Å². The molecule has 0 saturated heterocycles. The average molecular weight is 610 g/mol. The van der Waals surface area contributed by atoms with Crippen LogP contribution in [0.5, 0.6) is 11.5 Å². The summed E-state index contributed by atoms with van der Waals surface area (Å²) in [5, 5.41) is 8.23. The van der Waals surface area contributed by atoms with Gasteiger partial charge in [-0.3, -0.25) is 14.4 Å². The van der Waals surface area contributed by atoms with Crippen molar-refractivity contribution in [2.75, 3.05) is 24.9 Å². The molecule has 0 saturated carbocycles. The van der Waals surface area contributed by atoms with E-state index in [1.165, 1.54) is 32.1 Å². The third-order valence-corrected chi connectivity index (χ3v) is 7.81. The fourth-order valence-corrected chi connectivity index (χ4v) is 5.25. The molecule has 0 aliphatic heterocycles. The molecule has 8 nitrogen and oxygen atoms in total. The number of aryl methyl sites for hydroxylation is 2. The van der Waals surface area contributed by atoms with E-state index in [0.717, 1.165) is 21.7 Å². The maximum Gasteiger partial charge on any atom is 0.272 e. The van der Waals surface area contributed by atoms with Crippen LogP contribution in [0, 0.1) is 13.8 Å². The number of carbonyl (C=O) groups is 3. The summed E-state index contributed by atoms with van der Waals surface area (Å²) >= 11 is 1.41. The Morgan fingerprint density at radius 1 is 0.818 bits per heavy atom. The number of methoxy groups -OCH3 is 2. The fourth-order valence-electron chi connectivity index (χ4n) is 4.38. The maximum absolute atomic E-state index is 13.5. The number of nitrogens with one attached hydrogen (secondary N) is 3. The lowest BCUT2D eigenvalue weighted by atomic mass is 10.1. The summed E-state index contributed by atoms with van der Waals surface area (Å²) in [6, 6.07) is 27.0. The van der Waals surface area contributed by atoms with E-state index < -0.39 is 11.8 Å². The van der Waals surface area contributed by atoms with Gasteiger partial charge < -0.3 is 25.4 Å². The van der Waals surface area contributed by atoms with Gasteiger partial charge in [0.05, 0.1) is 19.5 Å². The van der Waals surface area contributed by atoms with Gasteiger partial charge in [0.25, 0.3) is 11.8 Å². The van der Waals surface area contributed by atoms with Crippen molar-refractivity contribution in [1.82, 2.24) is 5.32 Å². The summed E-state index contributed by atoms with van der Waals surface area (Å²) in [7, 11) is 3.03. The molecule has 0 bridgehead atoms. The number of hydrogen-bond acceptors (Lipinski definition) is 6. The highest BCUT2D eigenvalue weighted by atomic mass is 32.2. The van der Waals surface area contributed by atoms with Gasteiger partial charge in [0.15, 0.2) is 11.5 Å². The first kappa shape index (κ1) is 31.9. The Morgan fingerprint density at radius 3 is 2.20 bits per heavy atom. The SMILES string of the molecule is COc1cccc(/C=C(\NC(=O)c2ccccc2)C(=O)Nc2ccc(SC(C)C(=O)Nc3ccc(C)cc3C)cc2)c1OC. The summed E-state index contributed by atoms with van der Waals surface area (Å²) in [5.41, 5.74) is 4.42. The number of para-hydroxylation sites is 1. The van der Waals surface area contributed by atoms with Crippen LogP contribution in [0.1, 0.15) is 34.0 Å². The zero-order valence-electron chi connectivity index (χ0n) is 25.3. The Morgan fingerprint density at radius 2 is 1.55 bits per heavy atom. The number of anilines is 2. The minimum atomic E-state index is -0.527. The van der Waals surface area contributed by atoms with Gasteiger partial charge in [-0.25, -0.2) is 0 Å². The molecular weight excluding hydrogens is 574 g/mol. The molecule has 4 rings (SSSR count). The Balaban J connectivity index is 1.49. The molecule has 0 aliphatic carbocycles. The second kappa shape index (κ2) is 14.9. The van der Waals surface area contributed by atoms with Crippen molar-refractivity contribution in [3.8, 4) is 11.5 Å². The van der Waals surface area contributed by atoms with Crippen LogP contribution in [0.25, 0.3) is 6.08 Å². The topological polar surface area (TPSA) is 106 Å². The van der Waals surface area contributed by atoms with Crippen LogP contribution >= 0.6 is 11.8 Å². The van der Waals surface area contributed by atoms with Crippen molar-refractivity contribution in [3.63, 3.8) is 0 Å². The Bertz CT molecular complexity index is 1670. The van der Waals surface area contributed by atoms with E-state index in [4.69, 9.17) is 9.47 Å². The van der Waals surface area contributed by atoms with E-state index in [0.29, 0.717) is 28.3 Å². The molecule has 226 valence electrons. The van der Waals surface area contributed by atoms with E-state index in [2.05, 4.69) is 16.0 Å². The van der Waals surface area contributed by atoms with Crippen molar-refractivity contribution < 1.29 is 23.9 Å². The van der Waals surface area contributed by atoms with E-state index in [9.17, 15) is 14.4 Å². The molecule has 44 heavy (non-hydrogen) atoms. The normalized spacial score (nSPS) is 11.7. The standard InChI is InChI=1S/C35H35N3O5S/c1-22-14-19-29(23(2)20-22)37-33(39)24(3)44-28-17-15-27(16-18-28)36-35(41)30(38-34(40)25-10-7-6-8-11-25)21-26-12-9-13-31(42-4)32(26)43-5/h6-21,24H,1-5H3,(H,36,41)(H,37,39)(H,38,40)/b30-21-. The highest BCUT2D eigenvalue weighted by Crippen LogP contribution is 2.32. The third-order valence-electron chi connectivity index (χ3n) is 6.70. The molecule has 0 heterocycles. The first-order valence-electron chi connectivity index (χ1n) is 13.9. The van der Waals surface area contributed by atoms with Gasteiger partial charge in [-0.05, 0) is 80.9 Å². The molecule has 0 aromatic heterocycles. The predicted octanol–water partition coefficient (Wildman–Crippen LogP) is 6.85. The summed E-state index contributed by atoms with van der Waals surface area (Å²) in [6.07, 6.45) is 1.54. The average Bonchev–Trinajstić information content (AvgIpc) is 3.03. The van der Waals surface area contributed by atoms with Crippen LogP contribution in [0.2, 0.25) is 0 Å². The smallest absolute Gasteiger partial charge is 0.272 e. The van der Waals surface area contributed by atoms with Crippen molar-refractivity contribution in [3.05, 3.63) is 119 Å². The molecule has 0 radical (unpaired) electrons. The predicted molar refractivity (Wildman–Crippen MR) is 176 cm³/mol. The molecular formula is C35H35N3O5S. The molecule has 4 aromatic carbocycles. The fraction of sp³-hybridized carbons (Fsp3) is 0.171. The molecule has 4 aromatic rings. The molecule has 0 fully saturated rings. The molecule has 1 unspecified atom stereocenters. The minimum Gasteiger partial charge on any atom is -0.493 e. The van der Waals surface area contributed by atoms with E-state index in [1.54, 1.807) is 60.7 Å². The van der Waals surface area contributed by atoms with Crippen LogP contribution in [0.3, 0.4) is 0 Å². The number of hydrogen-bond donors (Lipinski definition) is 3. The zero-order valence-corrected chi connectivity index (χ0v) is 26.1. The highest BCUT2D eigenvalue weighted by Gasteiger charge is 2.19. The van der Waals surface area contributed by atoms with Gasteiger partial charge in [0.1, 0.15) is 5.70 Å². The van der Waals surface area contributed by atoms with Gasteiger partial charge in [0, 0.05) is 27.4 Å². The Labute approximate surface area is 261 Å². The highest BCUT2D eigenvalue weighted by molar-refractivity contribution is 8.00. The molecule has 3 N–H and O–H groups in total. The van der Waals surface area contributed by atoms with Crippen LogP contribution in [-0.4, -0.2) is 37.2 Å². The van der Waals surface area contributed by atoms with E-state index in [-0.39, 0.29) is 16.9 Å². The lowest BCUT2D eigenvalue weighted by molar-refractivity contribution is -0.115. The van der Waals surface area contributed by atoms with Gasteiger partial charge in [-0.1, -0.05) is 48.0 Å². The molecule has 3 amide bonds. The Hall–Kier alpha value is -5.02. The van der Waals surface area contributed by atoms with Crippen molar-refractivity contribution in [1.29, 1.82) is 0 Å². The summed E-state index contributed by atoms with van der Waals surface area (Å²) in [6.45, 7) is 5.83. The van der Waals surface area contributed by atoms with E-state index >= 15 is 0 Å². The Kier molecular flexibility index (Phi) is 10.8. The van der Waals surface area contributed by atoms with Crippen molar-refractivity contribution in [2.45, 2.75) is 30.9 Å². The number of ether oxygens (including phenoxy) is 2. The summed E-state index contributed by atoms with van der Waals surface area (Å²) < 4.78 is 10.9. The van der Waals surface area contributed by atoms with Gasteiger partial charge in [-0.15, -0.1) is 11.8 Å². The maximum atomic E-state index is 13.5. The van der Waals surface area contributed by atoms with Gasteiger partial charge in [0.2, 0.25) is 5.91 Å². The lowest BCUT2D eigenvalue weighted by Crippen LogP contribution is -2.30. The number of amides is 3. The second-order valence-electron chi connectivity index (χ2n) is 10.0. The van der Waals surface area contributed by atoms with Crippen LogP contribution in [0.15, 0.2) is 102 Å². The van der Waals surface area contributed by atoms with Crippen LogP contribution in [0.4, 0.5) is 11.4 Å². The third kappa shape index (κ3) is 8.29. The summed E-state index contributed by atoms with van der Waals surface area (Å²) in [5.74, 6) is -0.155. The van der Waals surface area contributed by atoms with Crippen molar-refractivity contribution >= 4 is 46.9 Å². The first-order chi connectivity index (χ1) is 21.2. The summed E-state index contributed by atoms with van der Waals surface area (Å²) in [4.78, 5) is 40.2. The largest absolute Gasteiger partial charge is 0.493 e. The number of carbonyl (C=O) groups excluding carboxylic acids is 3. The van der Waals surface area contributed by atoms with Gasteiger partial charge >= 0.3 is 0 Å². The van der Waals surface area contributed by atoms with Crippen molar-refractivity contribution in [2.24, 2.45) is 0 Å². The monoisotopic (exact) mass is 609 g/mol. The molecule has 0 aliphatic rings. The minimum absolute atomic E-state index is 0.0144. The number of thioether (sulfide) groups is 1. The van der Waals surface area contributed by atoms with Crippen LogP contribution < -0.4 is 25.4 Å². The number of rotatable bonds is 11. The quantitative estimate of drug-likeness (QED) is 0.127. The molecule has 9 heteroatoms. The first-order valence-corrected chi connectivity index (χ1v) is 14.8.